The highest BCUT2D eigenvalue weighted by atomic mass is 35.5. The molecule has 0 N–H and O–H groups in total. The van der Waals surface area contributed by atoms with Gasteiger partial charge in [0.25, 0.3) is 0 Å². The van der Waals surface area contributed by atoms with Crippen LogP contribution in [0.2, 0.25) is 5.02 Å². The van der Waals surface area contributed by atoms with Crippen molar-refractivity contribution in [1.82, 2.24) is 0 Å². The molecule has 2 amide bonds. The summed E-state index contributed by atoms with van der Waals surface area (Å²) in [5.74, 6) is -2.38. The minimum Gasteiger partial charge on any atom is -0.465 e. The maximum Gasteiger partial charge on any atom is 0.339 e. The number of hydrogen-bond donors (Lipinski definition) is 0. The van der Waals surface area contributed by atoms with E-state index in [1.807, 2.05) is 26.0 Å². The van der Waals surface area contributed by atoms with E-state index in [-0.39, 0.29) is 22.4 Å². The summed E-state index contributed by atoms with van der Waals surface area (Å²) in [5.41, 5.74) is -0.414. The number of imide groups is 1. The number of rotatable bonds is 4. The van der Waals surface area contributed by atoms with Crippen molar-refractivity contribution < 1.29 is 23.9 Å². The van der Waals surface area contributed by atoms with Gasteiger partial charge in [-0.05, 0) is 31.5 Å². The predicted octanol–water partition coefficient (Wildman–Crippen LogP) is 2.99. The normalized spacial score (nSPS) is 28.1. The largest absolute Gasteiger partial charge is 0.465 e. The first-order valence-corrected chi connectivity index (χ1v) is 8.79. The number of carbonyl (C=O) groups is 3. The van der Waals surface area contributed by atoms with Crippen molar-refractivity contribution in [2.24, 2.45) is 11.8 Å². The van der Waals surface area contributed by atoms with Gasteiger partial charge in [-0.25, -0.2) is 9.69 Å². The standard InChI is InChI=1S/C19H20ClNO5/c1-4-12-15(19(2)8-5-9-26-19)17(23)21(16(12)22)11-6-7-14(20)13(10-11)18(24)25-3/h5-8,10,12,15H,4,9H2,1-3H3. The zero-order valence-corrected chi connectivity index (χ0v) is 15.6. The van der Waals surface area contributed by atoms with Gasteiger partial charge in [-0.3, -0.25) is 9.59 Å². The highest BCUT2D eigenvalue weighted by molar-refractivity contribution is 6.34. The Hall–Kier alpha value is -2.18. The van der Waals surface area contributed by atoms with Crippen LogP contribution in [-0.2, 0) is 19.1 Å². The van der Waals surface area contributed by atoms with E-state index in [0.717, 1.165) is 4.90 Å². The average Bonchev–Trinajstić information content (AvgIpc) is 3.17. The molecule has 3 atom stereocenters. The molecule has 6 nitrogen and oxygen atoms in total. The lowest BCUT2D eigenvalue weighted by atomic mass is 9.79. The lowest BCUT2D eigenvalue weighted by Crippen LogP contribution is -2.41. The van der Waals surface area contributed by atoms with E-state index < -0.39 is 23.4 Å². The molecule has 0 saturated carbocycles. The molecule has 26 heavy (non-hydrogen) atoms. The molecule has 0 aliphatic carbocycles. The molecule has 2 aliphatic heterocycles. The lowest BCUT2D eigenvalue weighted by Gasteiger charge is -2.30. The van der Waals surface area contributed by atoms with Crippen LogP contribution in [0.4, 0.5) is 5.69 Å². The van der Waals surface area contributed by atoms with Gasteiger partial charge in [0.1, 0.15) is 0 Å². The van der Waals surface area contributed by atoms with Crippen molar-refractivity contribution in [2.45, 2.75) is 25.9 Å². The molecule has 3 rings (SSSR count). The second kappa shape index (κ2) is 6.85. The van der Waals surface area contributed by atoms with Crippen LogP contribution in [0.15, 0.2) is 30.4 Å². The third kappa shape index (κ3) is 2.83. The zero-order chi connectivity index (χ0) is 19.1. The topological polar surface area (TPSA) is 72.9 Å². The monoisotopic (exact) mass is 377 g/mol. The zero-order valence-electron chi connectivity index (χ0n) is 14.8. The minimum atomic E-state index is -0.820. The summed E-state index contributed by atoms with van der Waals surface area (Å²) in [6.45, 7) is 4.11. The van der Waals surface area contributed by atoms with E-state index in [0.29, 0.717) is 18.7 Å². The van der Waals surface area contributed by atoms with Gasteiger partial charge in [-0.15, -0.1) is 0 Å². The summed E-state index contributed by atoms with van der Waals surface area (Å²) in [4.78, 5) is 39.1. The fourth-order valence-corrected chi connectivity index (χ4v) is 3.90. The SMILES string of the molecule is CCC1C(=O)N(c2ccc(Cl)c(C(=O)OC)c2)C(=O)C1C1(C)C=CCO1. The molecule has 2 aliphatic rings. The maximum atomic E-state index is 13.2. The first-order chi connectivity index (χ1) is 12.3. The van der Waals surface area contributed by atoms with Gasteiger partial charge >= 0.3 is 5.97 Å². The minimum absolute atomic E-state index is 0.104. The van der Waals surface area contributed by atoms with E-state index in [4.69, 9.17) is 21.1 Å². The molecule has 1 fully saturated rings. The number of esters is 1. The second-order valence-corrected chi connectivity index (χ2v) is 6.96. The van der Waals surface area contributed by atoms with Crippen molar-refractivity contribution in [3.63, 3.8) is 0 Å². The van der Waals surface area contributed by atoms with Crippen LogP contribution >= 0.6 is 11.6 Å². The molecule has 1 aromatic rings. The molecular weight excluding hydrogens is 358 g/mol. The Morgan fingerprint density at radius 2 is 2.12 bits per heavy atom. The van der Waals surface area contributed by atoms with E-state index in [1.54, 1.807) is 6.07 Å². The van der Waals surface area contributed by atoms with Gasteiger partial charge in [0.2, 0.25) is 11.8 Å². The van der Waals surface area contributed by atoms with E-state index >= 15 is 0 Å². The molecule has 3 unspecified atom stereocenters. The Morgan fingerprint density at radius 3 is 2.69 bits per heavy atom. The Labute approximate surface area is 156 Å². The number of anilines is 1. The molecule has 0 radical (unpaired) electrons. The smallest absolute Gasteiger partial charge is 0.339 e. The second-order valence-electron chi connectivity index (χ2n) is 6.56. The van der Waals surface area contributed by atoms with Crippen LogP contribution < -0.4 is 4.90 Å². The van der Waals surface area contributed by atoms with E-state index in [9.17, 15) is 14.4 Å². The Morgan fingerprint density at radius 1 is 1.38 bits per heavy atom. The van der Waals surface area contributed by atoms with Crippen molar-refractivity contribution >= 4 is 35.1 Å². The van der Waals surface area contributed by atoms with Gasteiger partial charge in [-0.2, -0.15) is 0 Å². The highest BCUT2D eigenvalue weighted by Crippen LogP contribution is 2.43. The number of carbonyl (C=O) groups excluding carboxylic acids is 3. The van der Waals surface area contributed by atoms with Gasteiger partial charge in [0.15, 0.2) is 0 Å². The fourth-order valence-electron chi connectivity index (χ4n) is 3.71. The van der Waals surface area contributed by atoms with Crippen LogP contribution in [0.25, 0.3) is 0 Å². The Bertz CT molecular complexity index is 805. The summed E-state index contributed by atoms with van der Waals surface area (Å²) < 4.78 is 10.5. The Kier molecular flexibility index (Phi) is 4.90. The van der Waals surface area contributed by atoms with E-state index in [1.165, 1.54) is 19.2 Å². The summed E-state index contributed by atoms with van der Waals surface area (Å²) in [5, 5.41) is 0.192. The number of ether oxygens (including phenoxy) is 2. The number of amides is 2. The predicted molar refractivity (Wildman–Crippen MR) is 96.1 cm³/mol. The Balaban J connectivity index is 2.03. The number of methoxy groups -OCH3 is 1. The van der Waals surface area contributed by atoms with Crippen LogP contribution in [0.1, 0.15) is 30.6 Å². The van der Waals surface area contributed by atoms with Crippen LogP contribution in [-0.4, -0.2) is 37.1 Å². The molecule has 0 aromatic heterocycles. The van der Waals surface area contributed by atoms with Crippen molar-refractivity contribution in [2.75, 3.05) is 18.6 Å². The van der Waals surface area contributed by atoms with Gasteiger partial charge < -0.3 is 9.47 Å². The third-order valence-corrected chi connectivity index (χ3v) is 5.37. The van der Waals surface area contributed by atoms with Crippen molar-refractivity contribution in [3.8, 4) is 0 Å². The molecule has 2 heterocycles. The number of hydrogen-bond acceptors (Lipinski definition) is 5. The summed E-state index contributed by atoms with van der Waals surface area (Å²) in [6, 6.07) is 4.44. The molecule has 0 spiro atoms. The van der Waals surface area contributed by atoms with Gasteiger partial charge in [-0.1, -0.05) is 30.7 Å². The van der Waals surface area contributed by atoms with Crippen molar-refractivity contribution in [3.05, 3.63) is 40.9 Å². The van der Waals surface area contributed by atoms with Crippen LogP contribution in [0.5, 0.6) is 0 Å². The van der Waals surface area contributed by atoms with Crippen molar-refractivity contribution in [1.29, 1.82) is 0 Å². The number of benzene rings is 1. The molecule has 0 bridgehead atoms. The van der Waals surface area contributed by atoms with Crippen LogP contribution in [0.3, 0.4) is 0 Å². The first kappa shape index (κ1) is 18.6. The molecule has 1 saturated heterocycles. The fraction of sp³-hybridized carbons (Fsp3) is 0.421. The van der Waals surface area contributed by atoms with Gasteiger partial charge in [0, 0.05) is 0 Å². The lowest BCUT2D eigenvalue weighted by molar-refractivity contribution is -0.129. The molecule has 7 heteroatoms. The third-order valence-electron chi connectivity index (χ3n) is 5.04. The van der Waals surface area contributed by atoms with Gasteiger partial charge in [0.05, 0.1) is 47.4 Å². The molecule has 1 aromatic carbocycles. The maximum absolute atomic E-state index is 13.2. The number of halogens is 1. The quantitative estimate of drug-likeness (QED) is 0.458. The van der Waals surface area contributed by atoms with E-state index in [2.05, 4.69) is 0 Å². The summed E-state index contributed by atoms with van der Waals surface area (Å²) >= 11 is 6.04. The molecule has 138 valence electrons. The summed E-state index contributed by atoms with van der Waals surface area (Å²) in [7, 11) is 1.24. The van der Waals surface area contributed by atoms with Crippen LogP contribution in [0, 0.1) is 11.8 Å². The molecular formula is C19H20ClNO5. The number of nitrogens with zero attached hydrogens (tertiary/aromatic N) is 1. The first-order valence-electron chi connectivity index (χ1n) is 8.41. The average molecular weight is 378 g/mol. The summed E-state index contributed by atoms with van der Waals surface area (Å²) in [6.07, 6.45) is 4.21. The highest BCUT2D eigenvalue weighted by Gasteiger charge is 2.55.